The van der Waals surface area contributed by atoms with Gasteiger partial charge in [-0.2, -0.15) is 0 Å². The van der Waals surface area contributed by atoms with Crippen LogP contribution in [0.4, 0.5) is 0 Å². The Morgan fingerprint density at radius 2 is 2.39 bits per heavy atom. The third-order valence-electron chi connectivity index (χ3n) is 2.81. The number of nitrogens with one attached hydrogen (secondary N) is 1. The number of ether oxygens (including phenoxy) is 3. The van der Waals surface area contributed by atoms with Crippen molar-refractivity contribution in [2.75, 3.05) is 33.4 Å². The third kappa shape index (κ3) is 3.95. The van der Waals surface area contributed by atoms with Crippen molar-refractivity contribution >= 4 is 15.9 Å². The highest BCUT2D eigenvalue weighted by Gasteiger charge is 2.13. The molecule has 0 amide bonds. The Bertz CT molecular complexity index is 380. The van der Waals surface area contributed by atoms with Gasteiger partial charge >= 0.3 is 0 Å². The van der Waals surface area contributed by atoms with Crippen molar-refractivity contribution in [3.8, 4) is 5.75 Å². The fraction of sp³-hybridized carbons (Fsp3) is 0.538. The molecule has 18 heavy (non-hydrogen) atoms. The van der Waals surface area contributed by atoms with Crippen molar-refractivity contribution in [2.45, 2.75) is 12.7 Å². The second-order valence-corrected chi connectivity index (χ2v) is 5.08. The number of benzene rings is 1. The SMILES string of the molecule is COc1ccc(Br)cc1COCC1CNCCO1. The second kappa shape index (κ2) is 7.09. The Labute approximate surface area is 116 Å². The molecule has 1 unspecified atom stereocenters. The molecule has 5 heteroatoms. The van der Waals surface area contributed by atoms with Crippen molar-refractivity contribution < 1.29 is 14.2 Å². The van der Waals surface area contributed by atoms with E-state index < -0.39 is 0 Å². The minimum atomic E-state index is 0.150. The van der Waals surface area contributed by atoms with Gasteiger partial charge in [0.2, 0.25) is 0 Å². The lowest BCUT2D eigenvalue weighted by atomic mass is 10.2. The molecule has 1 aliphatic rings. The van der Waals surface area contributed by atoms with Crippen molar-refractivity contribution in [2.24, 2.45) is 0 Å². The Hall–Kier alpha value is -0.620. The van der Waals surface area contributed by atoms with Gasteiger partial charge in [0.25, 0.3) is 0 Å². The van der Waals surface area contributed by atoms with Gasteiger partial charge in [-0.05, 0) is 18.2 Å². The summed E-state index contributed by atoms with van der Waals surface area (Å²) in [5, 5.41) is 3.28. The van der Waals surface area contributed by atoms with Gasteiger partial charge in [-0.3, -0.25) is 0 Å². The van der Waals surface area contributed by atoms with Crippen LogP contribution in [0, 0.1) is 0 Å². The van der Waals surface area contributed by atoms with Crippen LogP contribution in [0.3, 0.4) is 0 Å². The fourth-order valence-electron chi connectivity index (χ4n) is 1.89. The number of hydrogen-bond acceptors (Lipinski definition) is 4. The topological polar surface area (TPSA) is 39.7 Å². The van der Waals surface area contributed by atoms with E-state index in [2.05, 4.69) is 21.2 Å². The first kappa shape index (κ1) is 13.8. The maximum absolute atomic E-state index is 5.69. The molecule has 0 bridgehead atoms. The van der Waals surface area contributed by atoms with E-state index in [0.29, 0.717) is 13.2 Å². The summed E-state index contributed by atoms with van der Waals surface area (Å²) in [6.45, 7) is 3.67. The zero-order valence-electron chi connectivity index (χ0n) is 10.4. The first-order chi connectivity index (χ1) is 8.79. The Kier molecular flexibility index (Phi) is 5.44. The predicted octanol–water partition coefficient (Wildman–Crippen LogP) is 1.96. The maximum Gasteiger partial charge on any atom is 0.124 e. The third-order valence-corrected chi connectivity index (χ3v) is 3.30. The van der Waals surface area contributed by atoms with Crippen LogP contribution in [0.5, 0.6) is 5.75 Å². The van der Waals surface area contributed by atoms with Crippen LogP contribution in [0.15, 0.2) is 22.7 Å². The molecular formula is C13H18BrNO3. The summed E-state index contributed by atoms with van der Waals surface area (Å²) in [6.07, 6.45) is 0.150. The predicted molar refractivity (Wildman–Crippen MR) is 73.0 cm³/mol. The summed E-state index contributed by atoms with van der Waals surface area (Å²) >= 11 is 3.45. The summed E-state index contributed by atoms with van der Waals surface area (Å²) in [6, 6.07) is 5.90. The van der Waals surface area contributed by atoms with E-state index in [0.717, 1.165) is 35.5 Å². The Balaban J connectivity index is 1.83. The van der Waals surface area contributed by atoms with Gasteiger partial charge in [0.05, 0.1) is 33.0 Å². The zero-order chi connectivity index (χ0) is 12.8. The monoisotopic (exact) mass is 315 g/mol. The summed E-state index contributed by atoms with van der Waals surface area (Å²) in [7, 11) is 1.67. The Morgan fingerprint density at radius 3 is 3.11 bits per heavy atom. The fourth-order valence-corrected chi connectivity index (χ4v) is 2.30. The van der Waals surface area contributed by atoms with Gasteiger partial charge in [-0.15, -0.1) is 0 Å². The number of morpholine rings is 1. The molecule has 0 spiro atoms. The van der Waals surface area contributed by atoms with E-state index in [1.807, 2.05) is 18.2 Å². The first-order valence-electron chi connectivity index (χ1n) is 6.02. The maximum atomic E-state index is 5.69. The van der Waals surface area contributed by atoms with Gasteiger partial charge in [0.15, 0.2) is 0 Å². The quantitative estimate of drug-likeness (QED) is 0.901. The van der Waals surface area contributed by atoms with Gasteiger partial charge in [0.1, 0.15) is 5.75 Å². The Morgan fingerprint density at radius 1 is 1.50 bits per heavy atom. The molecule has 4 nitrogen and oxygen atoms in total. The van der Waals surface area contributed by atoms with Crippen LogP contribution in [0.2, 0.25) is 0 Å². The van der Waals surface area contributed by atoms with Crippen LogP contribution >= 0.6 is 15.9 Å². The normalized spacial score (nSPS) is 19.8. The molecule has 100 valence electrons. The molecule has 0 radical (unpaired) electrons. The largest absolute Gasteiger partial charge is 0.496 e. The van der Waals surface area contributed by atoms with Gasteiger partial charge in [-0.1, -0.05) is 15.9 Å². The minimum absolute atomic E-state index is 0.150. The standard InChI is InChI=1S/C13H18BrNO3/c1-16-13-3-2-11(14)6-10(13)8-17-9-12-7-15-4-5-18-12/h2-3,6,12,15H,4-5,7-9H2,1H3. The summed E-state index contributed by atoms with van der Waals surface area (Å²) in [5.41, 5.74) is 1.04. The molecule has 0 aromatic heterocycles. The van der Waals surface area contributed by atoms with E-state index in [-0.39, 0.29) is 6.10 Å². The molecule has 0 aliphatic carbocycles. The first-order valence-corrected chi connectivity index (χ1v) is 6.81. The van der Waals surface area contributed by atoms with E-state index in [1.54, 1.807) is 7.11 Å². The molecule has 1 aliphatic heterocycles. The molecular weight excluding hydrogens is 298 g/mol. The average Bonchev–Trinajstić information content (AvgIpc) is 2.40. The molecule has 1 atom stereocenters. The second-order valence-electron chi connectivity index (χ2n) is 4.17. The van der Waals surface area contributed by atoms with Crippen LogP contribution < -0.4 is 10.1 Å². The highest BCUT2D eigenvalue weighted by atomic mass is 79.9. The minimum Gasteiger partial charge on any atom is -0.496 e. The van der Waals surface area contributed by atoms with E-state index in [4.69, 9.17) is 14.2 Å². The molecule has 1 aromatic rings. The summed E-state index contributed by atoms with van der Waals surface area (Å²) < 4.78 is 17.6. The molecule has 1 N–H and O–H groups in total. The van der Waals surface area contributed by atoms with Gasteiger partial charge in [-0.25, -0.2) is 0 Å². The van der Waals surface area contributed by atoms with Crippen LogP contribution in [-0.4, -0.2) is 39.5 Å². The molecule has 1 saturated heterocycles. The molecule has 1 aromatic carbocycles. The number of rotatable bonds is 5. The number of halogens is 1. The summed E-state index contributed by atoms with van der Waals surface area (Å²) in [5.74, 6) is 0.848. The molecule has 1 fully saturated rings. The smallest absolute Gasteiger partial charge is 0.124 e. The lowest BCUT2D eigenvalue weighted by Gasteiger charge is -2.23. The van der Waals surface area contributed by atoms with Crippen LogP contribution in [0.25, 0.3) is 0 Å². The number of methoxy groups -OCH3 is 1. The van der Waals surface area contributed by atoms with E-state index in [1.165, 1.54) is 0 Å². The highest BCUT2D eigenvalue weighted by molar-refractivity contribution is 9.10. The van der Waals surface area contributed by atoms with Crippen molar-refractivity contribution in [1.82, 2.24) is 5.32 Å². The van der Waals surface area contributed by atoms with Crippen molar-refractivity contribution in [1.29, 1.82) is 0 Å². The van der Waals surface area contributed by atoms with Crippen molar-refractivity contribution in [3.63, 3.8) is 0 Å². The average molecular weight is 316 g/mol. The molecule has 1 heterocycles. The van der Waals surface area contributed by atoms with Crippen LogP contribution in [-0.2, 0) is 16.1 Å². The van der Waals surface area contributed by atoms with E-state index >= 15 is 0 Å². The lowest BCUT2D eigenvalue weighted by molar-refractivity contribution is -0.0360. The van der Waals surface area contributed by atoms with Crippen LogP contribution in [0.1, 0.15) is 5.56 Å². The summed E-state index contributed by atoms with van der Waals surface area (Å²) in [4.78, 5) is 0. The molecule has 2 rings (SSSR count). The number of hydrogen-bond donors (Lipinski definition) is 1. The zero-order valence-corrected chi connectivity index (χ0v) is 12.0. The van der Waals surface area contributed by atoms with Crippen molar-refractivity contribution in [3.05, 3.63) is 28.2 Å². The van der Waals surface area contributed by atoms with Gasteiger partial charge < -0.3 is 19.5 Å². The molecule has 0 saturated carbocycles. The highest BCUT2D eigenvalue weighted by Crippen LogP contribution is 2.23. The lowest BCUT2D eigenvalue weighted by Crippen LogP contribution is -2.40. The van der Waals surface area contributed by atoms with E-state index in [9.17, 15) is 0 Å². The van der Waals surface area contributed by atoms with Gasteiger partial charge in [0, 0.05) is 23.1 Å².